The maximum Gasteiger partial charge on any atom is 0.343 e. The molecule has 2 aliphatic heterocycles. The minimum atomic E-state index is -0.789. The van der Waals surface area contributed by atoms with Gasteiger partial charge in [-0.05, 0) is 34.0 Å². The molecule has 3 aromatic carbocycles. The second-order valence-corrected chi connectivity index (χ2v) is 10.4. The van der Waals surface area contributed by atoms with Crippen molar-refractivity contribution in [2.75, 3.05) is 40.4 Å². The zero-order chi connectivity index (χ0) is 30.5. The molecule has 3 aromatic rings. The summed E-state index contributed by atoms with van der Waals surface area (Å²) in [6.45, 7) is 4.31. The molecule has 0 saturated carbocycles. The van der Waals surface area contributed by atoms with E-state index in [0.29, 0.717) is 12.3 Å². The van der Waals surface area contributed by atoms with E-state index in [2.05, 4.69) is 16.6 Å². The number of rotatable bonds is 10. The summed E-state index contributed by atoms with van der Waals surface area (Å²) in [5, 5.41) is 7.96. The molecular weight excluding hydrogens is 550 g/mol. The predicted molar refractivity (Wildman–Crippen MR) is 160 cm³/mol. The molecule has 224 valence electrons. The lowest BCUT2D eigenvalue weighted by molar-refractivity contribution is -0.157. The number of hydrogen-bond acceptors (Lipinski definition) is 7. The van der Waals surface area contributed by atoms with Gasteiger partial charge in [-0.25, -0.2) is 9.59 Å². The highest BCUT2D eigenvalue weighted by atomic mass is 16.6. The van der Waals surface area contributed by atoms with Crippen molar-refractivity contribution in [1.29, 1.82) is 0 Å². The van der Waals surface area contributed by atoms with Gasteiger partial charge in [-0.1, -0.05) is 60.7 Å². The standard InChI is InChI=1S/C32H35N5O6/c1-4-16-35(32(41)33-2)36-20-29(38)37-27(17-22-12-14-25(15-13-22)43-21-30(39)42-3)31(40)34(19-28(36)37)18-24-10-7-9-23-8-5-6-11-26(23)24/h4-15,27-28H,1,16-21H2,2-3H3,(H,33,41)/t27-,28+/m0/s1. The first kappa shape index (κ1) is 29.6. The maximum absolute atomic E-state index is 14.2. The van der Waals surface area contributed by atoms with Gasteiger partial charge >= 0.3 is 12.0 Å². The van der Waals surface area contributed by atoms with Crippen molar-refractivity contribution in [3.8, 4) is 5.75 Å². The van der Waals surface area contributed by atoms with E-state index in [1.807, 2.05) is 54.6 Å². The smallest absolute Gasteiger partial charge is 0.343 e. The van der Waals surface area contributed by atoms with Crippen LogP contribution in [0.5, 0.6) is 5.75 Å². The van der Waals surface area contributed by atoms with Gasteiger partial charge in [-0.3, -0.25) is 14.6 Å². The highest BCUT2D eigenvalue weighted by molar-refractivity contribution is 5.92. The Morgan fingerprint density at radius 2 is 1.81 bits per heavy atom. The summed E-state index contributed by atoms with van der Waals surface area (Å²) < 4.78 is 10.1. The summed E-state index contributed by atoms with van der Waals surface area (Å²) in [5.74, 6) is -0.410. The number of esters is 1. The van der Waals surface area contributed by atoms with Gasteiger partial charge in [0.2, 0.25) is 11.8 Å². The van der Waals surface area contributed by atoms with E-state index in [1.54, 1.807) is 33.0 Å². The minimum absolute atomic E-state index is 0.0435. The Labute approximate surface area is 250 Å². The number of ether oxygens (including phenoxy) is 2. The number of nitrogens with zero attached hydrogens (tertiary/aromatic N) is 4. The number of benzene rings is 3. The van der Waals surface area contributed by atoms with E-state index < -0.39 is 18.2 Å². The molecule has 4 amide bonds. The van der Waals surface area contributed by atoms with E-state index in [4.69, 9.17) is 4.74 Å². The highest BCUT2D eigenvalue weighted by Crippen LogP contribution is 2.31. The number of amides is 4. The Morgan fingerprint density at radius 1 is 1.07 bits per heavy atom. The molecule has 0 bridgehead atoms. The van der Waals surface area contributed by atoms with Gasteiger partial charge < -0.3 is 24.6 Å². The lowest BCUT2D eigenvalue weighted by atomic mass is 9.99. The molecule has 0 aromatic heterocycles. The van der Waals surface area contributed by atoms with Crippen molar-refractivity contribution < 1.29 is 28.7 Å². The number of methoxy groups -OCH3 is 1. The van der Waals surface area contributed by atoms with Crippen LogP contribution in [0, 0.1) is 0 Å². The van der Waals surface area contributed by atoms with E-state index >= 15 is 0 Å². The molecule has 2 saturated heterocycles. The Hall–Kier alpha value is -4.90. The predicted octanol–water partition coefficient (Wildman–Crippen LogP) is 2.56. The number of piperazine rings is 1. The van der Waals surface area contributed by atoms with Crippen molar-refractivity contribution in [1.82, 2.24) is 25.1 Å². The van der Waals surface area contributed by atoms with Crippen molar-refractivity contribution in [3.63, 3.8) is 0 Å². The van der Waals surface area contributed by atoms with Crippen LogP contribution in [0.2, 0.25) is 0 Å². The highest BCUT2D eigenvalue weighted by Gasteiger charge is 2.52. The van der Waals surface area contributed by atoms with Crippen LogP contribution >= 0.6 is 0 Å². The molecular formula is C32H35N5O6. The lowest BCUT2D eigenvalue weighted by Gasteiger charge is -2.46. The molecule has 5 rings (SSSR count). The first-order valence-corrected chi connectivity index (χ1v) is 14.1. The number of urea groups is 1. The Kier molecular flexibility index (Phi) is 8.91. The molecule has 0 aliphatic carbocycles. The SMILES string of the molecule is C=CCN(C(=O)NC)N1CC(=O)N2[C@@H](Cc3ccc(OCC(=O)OC)cc3)C(=O)N(Cc3cccc4ccccc34)C[C@@H]21. The van der Waals surface area contributed by atoms with Gasteiger partial charge in [0.25, 0.3) is 0 Å². The van der Waals surface area contributed by atoms with Crippen LogP contribution in [0.4, 0.5) is 4.79 Å². The average molecular weight is 586 g/mol. The zero-order valence-electron chi connectivity index (χ0n) is 24.3. The molecule has 2 aliphatic rings. The number of nitrogens with one attached hydrogen (secondary N) is 1. The van der Waals surface area contributed by atoms with Gasteiger partial charge in [0.15, 0.2) is 6.61 Å². The number of carbonyl (C=O) groups is 4. The molecule has 2 heterocycles. The molecule has 0 unspecified atom stereocenters. The summed E-state index contributed by atoms with van der Waals surface area (Å²) in [6, 6.07) is 19.9. The summed E-state index contributed by atoms with van der Waals surface area (Å²) in [4.78, 5) is 55.4. The van der Waals surface area contributed by atoms with Crippen molar-refractivity contribution in [2.24, 2.45) is 0 Å². The first-order chi connectivity index (χ1) is 20.8. The topological polar surface area (TPSA) is 112 Å². The van der Waals surface area contributed by atoms with Gasteiger partial charge in [0.05, 0.1) is 26.7 Å². The molecule has 0 spiro atoms. The molecule has 0 radical (unpaired) electrons. The lowest BCUT2D eigenvalue weighted by Crippen LogP contribution is -2.65. The quantitative estimate of drug-likeness (QED) is 0.288. The summed E-state index contributed by atoms with van der Waals surface area (Å²) in [7, 11) is 2.82. The third-order valence-electron chi connectivity index (χ3n) is 7.80. The van der Waals surface area contributed by atoms with Crippen LogP contribution in [0.3, 0.4) is 0 Å². The van der Waals surface area contributed by atoms with Crippen LogP contribution < -0.4 is 10.1 Å². The van der Waals surface area contributed by atoms with Crippen LogP contribution in [0.1, 0.15) is 11.1 Å². The summed E-state index contributed by atoms with van der Waals surface area (Å²) in [5.41, 5.74) is 1.81. The number of hydrogen-bond donors (Lipinski definition) is 1. The van der Waals surface area contributed by atoms with E-state index in [9.17, 15) is 19.2 Å². The van der Waals surface area contributed by atoms with Gasteiger partial charge in [0.1, 0.15) is 18.0 Å². The maximum atomic E-state index is 14.2. The fourth-order valence-corrected chi connectivity index (χ4v) is 5.73. The first-order valence-electron chi connectivity index (χ1n) is 14.1. The fraction of sp³-hybridized carbons (Fsp3) is 0.312. The number of fused-ring (bicyclic) bond motifs is 2. The minimum Gasteiger partial charge on any atom is -0.482 e. The molecule has 2 atom stereocenters. The van der Waals surface area contributed by atoms with Crippen LogP contribution in [0.25, 0.3) is 10.8 Å². The molecule has 11 nitrogen and oxygen atoms in total. The van der Waals surface area contributed by atoms with Crippen molar-refractivity contribution >= 4 is 34.6 Å². The summed E-state index contributed by atoms with van der Waals surface area (Å²) >= 11 is 0. The zero-order valence-corrected chi connectivity index (χ0v) is 24.3. The van der Waals surface area contributed by atoms with E-state index in [-0.39, 0.29) is 50.5 Å². The second-order valence-electron chi connectivity index (χ2n) is 10.4. The molecule has 43 heavy (non-hydrogen) atoms. The van der Waals surface area contributed by atoms with Gasteiger partial charge in [-0.2, -0.15) is 5.01 Å². The van der Waals surface area contributed by atoms with Gasteiger partial charge in [-0.15, -0.1) is 6.58 Å². The third-order valence-corrected chi connectivity index (χ3v) is 7.80. The Morgan fingerprint density at radius 3 is 2.53 bits per heavy atom. The van der Waals surface area contributed by atoms with Crippen molar-refractivity contribution in [2.45, 2.75) is 25.2 Å². The van der Waals surface area contributed by atoms with Gasteiger partial charge in [0, 0.05) is 20.0 Å². The largest absolute Gasteiger partial charge is 0.482 e. The Balaban J connectivity index is 1.46. The third kappa shape index (κ3) is 6.17. The monoisotopic (exact) mass is 585 g/mol. The fourth-order valence-electron chi connectivity index (χ4n) is 5.73. The number of carbonyl (C=O) groups excluding carboxylic acids is 4. The average Bonchev–Trinajstić information content (AvgIpc) is 3.35. The molecule has 11 heteroatoms. The molecule has 2 fully saturated rings. The van der Waals surface area contributed by atoms with Crippen LogP contribution in [0.15, 0.2) is 79.4 Å². The normalized spacial score (nSPS) is 18.4. The van der Waals surface area contributed by atoms with Crippen molar-refractivity contribution in [3.05, 3.63) is 90.5 Å². The molecule has 1 N–H and O–H groups in total. The second kappa shape index (κ2) is 13.0. The van der Waals surface area contributed by atoms with E-state index in [0.717, 1.165) is 21.9 Å². The number of hydrazine groups is 1. The summed E-state index contributed by atoms with van der Waals surface area (Å²) in [6.07, 6.45) is 1.32. The van der Waals surface area contributed by atoms with Crippen LogP contribution in [-0.4, -0.2) is 96.2 Å². The Bertz CT molecular complexity index is 1520. The van der Waals surface area contributed by atoms with Crippen LogP contribution in [-0.2, 0) is 32.1 Å². The van der Waals surface area contributed by atoms with E-state index in [1.165, 1.54) is 19.2 Å².